The van der Waals surface area contributed by atoms with Crippen LogP contribution in [0.25, 0.3) is 0 Å². The van der Waals surface area contributed by atoms with Gasteiger partial charge >= 0.3 is 5.97 Å². The quantitative estimate of drug-likeness (QED) is 0.644. The van der Waals surface area contributed by atoms with Crippen molar-refractivity contribution in [1.82, 2.24) is 10.3 Å². The third-order valence-corrected chi connectivity index (χ3v) is 3.21. The van der Waals surface area contributed by atoms with E-state index in [4.69, 9.17) is 5.11 Å². The molecule has 2 rings (SSSR count). The maximum atomic E-state index is 12.1. The summed E-state index contributed by atoms with van der Waals surface area (Å²) in [4.78, 5) is 37.3. The molecular weight excluding hydrogens is 302 g/mol. The summed E-state index contributed by atoms with van der Waals surface area (Å²) >= 11 is 0. The first kappa shape index (κ1) is 16.1. The van der Waals surface area contributed by atoms with Crippen LogP contribution in [0.3, 0.4) is 0 Å². The van der Waals surface area contributed by atoms with Gasteiger partial charge in [-0.25, -0.2) is 4.79 Å². The second-order valence-corrected chi connectivity index (χ2v) is 4.77. The van der Waals surface area contributed by atoms with Crippen LogP contribution in [0.2, 0.25) is 0 Å². The summed E-state index contributed by atoms with van der Waals surface area (Å²) in [5.74, 6) is -1.69. The molecule has 1 heterocycles. The van der Waals surface area contributed by atoms with Crippen molar-refractivity contribution in [2.45, 2.75) is 13.0 Å². The van der Waals surface area contributed by atoms with E-state index in [1.165, 1.54) is 24.5 Å². The second-order valence-electron chi connectivity index (χ2n) is 4.77. The fourth-order valence-electron chi connectivity index (χ4n) is 2.06. The molecule has 8 heteroatoms. The zero-order valence-corrected chi connectivity index (χ0v) is 12.1. The molecule has 1 unspecified atom stereocenters. The molecule has 1 atom stereocenters. The summed E-state index contributed by atoms with van der Waals surface area (Å²) in [6.07, 6.45) is 2.90. The lowest BCUT2D eigenvalue weighted by Crippen LogP contribution is -2.27. The van der Waals surface area contributed by atoms with Crippen LogP contribution < -0.4 is 5.32 Å². The van der Waals surface area contributed by atoms with Crippen molar-refractivity contribution in [2.24, 2.45) is 0 Å². The number of carboxylic acid groups (broad SMARTS) is 1. The highest BCUT2D eigenvalue weighted by Crippen LogP contribution is 2.26. The van der Waals surface area contributed by atoms with Crippen LogP contribution in [0, 0.1) is 10.1 Å². The van der Waals surface area contributed by atoms with E-state index < -0.39 is 22.8 Å². The largest absolute Gasteiger partial charge is 0.478 e. The Hall–Kier alpha value is -3.29. The van der Waals surface area contributed by atoms with Crippen LogP contribution in [0.4, 0.5) is 5.69 Å². The molecule has 2 aromatic rings. The summed E-state index contributed by atoms with van der Waals surface area (Å²) in [5, 5.41) is 22.7. The van der Waals surface area contributed by atoms with Crippen LogP contribution in [0.15, 0.2) is 42.7 Å². The van der Waals surface area contributed by atoms with E-state index in [2.05, 4.69) is 10.3 Å². The molecule has 0 aliphatic carbocycles. The van der Waals surface area contributed by atoms with Crippen molar-refractivity contribution >= 4 is 17.6 Å². The molecule has 0 spiro atoms. The first-order valence-electron chi connectivity index (χ1n) is 6.62. The molecule has 0 saturated carbocycles. The van der Waals surface area contributed by atoms with Gasteiger partial charge in [-0.2, -0.15) is 0 Å². The molecule has 2 N–H and O–H groups in total. The zero-order chi connectivity index (χ0) is 17.0. The van der Waals surface area contributed by atoms with Gasteiger partial charge in [-0.1, -0.05) is 0 Å². The molecule has 1 amide bonds. The molecule has 0 saturated heterocycles. The summed E-state index contributed by atoms with van der Waals surface area (Å²) in [7, 11) is 0. The number of aromatic carboxylic acids is 1. The predicted octanol–water partition coefficient (Wildman–Crippen LogP) is 2.18. The molecule has 0 aliphatic rings. The average Bonchev–Trinajstić information content (AvgIpc) is 2.54. The van der Waals surface area contributed by atoms with E-state index in [-0.39, 0.29) is 16.8 Å². The molecular formula is C15H13N3O5. The summed E-state index contributed by atoms with van der Waals surface area (Å²) < 4.78 is 0. The maximum absolute atomic E-state index is 12.1. The van der Waals surface area contributed by atoms with E-state index >= 15 is 0 Å². The van der Waals surface area contributed by atoms with Gasteiger partial charge < -0.3 is 10.4 Å². The van der Waals surface area contributed by atoms with Gasteiger partial charge in [-0.15, -0.1) is 0 Å². The minimum atomic E-state index is -1.26. The Morgan fingerprint density at radius 2 is 2.04 bits per heavy atom. The highest BCUT2D eigenvalue weighted by atomic mass is 16.6. The number of hydrogen-bond donors (Lipinski definition) is 2. The molecule has 0 radical (unpaired) electrons. The van der Waals surface area contributed by atoms with Crippen molar-refractivity contribution in [3.8, 4) is 0 Å². The number of carboxylic acids is 1. The van der Waals surface area contributed by atoms with Crippen LogP contribution >= 0.6 is 0 Å². The molecule has 0 fully saturated rings. The minimum absolute atomic E-state index is 0.189. The highest BCUT2D eigenvalue weighted by molar-refractivity contribution is 5.94. The Balaban J connectivity index is 2.28. The lowest BCUT2D eigenvalue weighted by Gasteiger charge is -2.14. The van der Waals surface area contributed by atoms with E-state index in [0.717, 1.165) is 6.07 Å². The van der Waals surface area contributed by atoms with Crippen molar-refractivity contribution in [3.63, 3.8) is 0 Å². The number of nitrogens with one attached hydrogen (secondary N) is 1. The smallest absolute Gasteiger partial charge is 0.335 e. The fourth-order valence-corrected chi connectivity index (χ4v) is 2.06. The summed E-state index contributed by atoms with van der Waals surface area (Å²) in [6.45, 7) is 1.58. The van der Waals surface area contributed by atoms with Gasteiger partial charge in [-0.05, 0) is 31.2 Å². The zero-order valence-electron chi connectivity index (χ0n) is 12.1. The number of aromatic nitrogens is 1. The van der Waals surface area contributed by atoms with E-state index in [9.17, 15) is 19.7 Å². The number of nitro benzene ring substituents is 1. The SMILES string of the molecule is CC(NC(=O)c1cccnc1)c1ccc(C(=O)O)cc1[N+](=O)[O-]. The van der Waals surface area contributed by atoms with Crippen molar-refractivity contribution in [2.75, 3.05) is 0 Å². The first-order valence-corrected chi connectivity index (χ1v) is 6.62. The molecule has 1 aromatic carbocycles. The monoisotopic (exact) mass is 315 g/mol. The van der Waals surface area contributed by atoms with Crippen LogP contribution in [0.5, 0.6) is 0 Å². The fraction of sp³-hybridized carbons (Fsp3) is 0.133. The van der Waals surface area contributed by atoms with Crippen LogP contribution in [0.1, 0.15) is 39.2 Å². The van der Waals surface area contributed by atoms with E-state index in [0.29, 0.717) is 5.56 Å². The minimum Gasteiger partial charge on any atom is -0.478 e. The second kappa shape index (κ2) is 6.65. The number of benzene rings is 1. The Labute approximate surface area is 130 Å². The molecule has 0 aliphatic heterocycles. The van der Waals surface area contributed by atoms with Gasteiger partial charge in [0.1, 0.15) is 0 Å². The standard InChI is InChI=1S/C15H13N3O5/c1-9(17-14(19)11-3-2-6-16-8-11)12-5-4-10(15(20)21)7-13(12)18(22)23/h2-9H,1H3,(H,17,19)(H,20,21). The van der Waals surface area contributed by atoms with Gasteiger partial charge in [-0.3, -0.25) is 19.9 Å². The normalized spacial score (nSPS) is 11.5. The molecule has 0 bridgehead atoms. The highest BCUT2D eigenvalue weighted by Gasteiger charge is 2.22. The molecule has 118 valence electrons. The topological polar surface area (TPSA) is 122 Å². The number of nitro groups is 1. The van der Waals surface area contributed by atoms with E-state index in [1.54, 1.807) is 19.1 Å². The molecule has 1 aromatic heterocycles. The number of hydrogen-bond acceptors (Lipinski definition) is 5. The summed E-state index contributed by atoms with van der Waals surface area (Å²) in [6, 6.07) is 6.06. The number of carbonyl (C=O) groups is 2. The Bertz CT molecular complexity index is 761. The average molecular weight is 315 g/mol. The first-order chi connectivity index (χ1) is 10.9. The third-order valence-electron chi connectivity index (χ3n) is 3.21. The maximum Gasteiger partial charge on any atom is 0.335 e. The third kappa shape index (κ3) is 3.67. The van der Waals surface area contributed by atoms with Crippen molar-refractivity contribution < 1.29 is 19.6 Å². The predicted molar refractivity (Wildman–Crippen MR) is 80.2 cm³/mol. The lowest BCUT2D eigenvalue weighted by atomic mass is 10.0. The van der Waals surface area contributed by atoms with Gasteiger partial charge in [0.15, 0.2) is 0 Å². The lowest BCUT2D eigenvalue weighted by molar-refractivity contribution is -0.385. The number of rotatable bonds is 5. The van der Waals surface area contributed by atoms with Crippen LogP contribution in [-0.2, 0) is 0 Å². The number of carbonyl (C=O) groups excluding carboxylic acids is 1. The van der Waals surface area contributed by atoms with Gasteiger partial charge in [0.25, 0.3) is 11.6 Å². The number of nitrogens with zero attached hydrogens (tertiary/aromatic N) is 2. The van der Waals surface area contributed by atoms with Gasteiger partial charge in [0.2, 0.25) is 0 Å². The van der Waals surface area contributed by atoms with Crippen molar-refractivity contribution in [3.05, 3.63) is 69.5 Å². The number of amides is 1. The Morgan fingerprint density at radius 3 is 2.61 bits per heavy atom. The molecule has 23 heavy (non-hydrogen) atoms. The molecule has 8 nitrogen and oxygen atoms in total. The van der Waals surface area contributed by atoms with E-state index in [1.807, 2.05) is 0 Å². The Morgan fingerprint density at radius 1 is 1.30 bits per heavy atom. The van der Waals surface area contributed by atoms with Gasteiger partial charge in [0, 0.05) is 18.5 Å². The van der Waals surface area contributed by atoms with Crippen LogP contribution in [-0.4, -0.2) is 26.9 Å². The number of pyridine rings is 1. The van der Waals surface area contributed by atoms with Gasteiger partial charge in [0.05, 0.1) is 27.7 Å². The Kier molecular flexibility index (Phi) is 4.65. The van der Waals surface area contributed by atoms with Crippen molar-refractivity contribution in [1.29, 1.82) is 0 Å². The summed E-state index contributed by atoms with van der Waals surface area (Å²) in [5.41, 5.74) is -0.00322.